The van der Waals surface area contributed by atoms with Crippen molar-refractivity contribution in [1.29, 1.82) is 5.26 Å². The predicted octanol–water partition coefficient (Wildman–Crippen LogP) is 3.17. The molecular formula is C16H23N3. The molecule has 1 aromatic carbocycles. The Hall–Kier alpha value is -1.53. The molecule has 1 aliphatic rings. The van der Waals surface area contributed by atoms with Crippen molar-refractivity contribution in [3.8, 4) is 6.07 Å². The second-order valence-electron chi connectivity index (χ2n) is 6.19. The maximum absolute atomic E-state index is 9.10. The van der Waals surface area contributed by atoms with E-state index < -0.39 is 0 Å². The SMILES string of the molecule is CC(C)(C#N)CCN(Cc1ccc(N)cc1)C1CC1. The molecule has 3 nitrogen and oxygen atoms in total. The van der Waals surface area contributed by atoms with Crippen LogP contribution in [-0.2, 0) is 6.54 Å². The number of anilines is 1. The molecule has 0 atom stereocenters. The second-order valence-corrected chi connectivity index (χ2v) is 6.19. The van der Waals surface area contributed by atoms with Gasteiger partial charge in [-0.25, -0.2) is 0 Å². The summed E-state index contributed by atoms with van der Waals surface area (Å²) < 4.78 is 0. The van der Waals surface area contributed by atoms with E-state index in [1.807, 2.05) is 26.0 Å². The average molecular weight is 257 g/mol. The van der Waals surface area contributed by atoms with E-state index >= 15 is 0 Å². The van der Waals surface area contributed by atoms with Crippen molar-refractivity contribution in [2.45, 2.75) is 45.7 Å². The number of hydrogen-bond acceptors (Lipinski definition) is 3. The number of rotatable bonds is 6. The molecule has 2 rings (SSSR count). The highest BCUT2D eigenvalue weighted by Crippen LogP contribution is 2.30. The van der Waals surface area contributed by atoms with Crippen molar-refractivity contribution in [2.75, 3.05) is 12.3 Å². The number of nitrogen functional groups attached to an aromatic ring is 1. The molecule has 0 saturated heterocycles. The molecule has 0 radical (unpaired) electrons. The van der Waals surface area contributed by atoms with Crippen molar-refractivity contribution in [1.82, 2.24) is 4.90 Å². The molecular weight excluding hydrogens is 234 g/mol. The van der Waals surface area contributed by atoms with Crippen molar-refractivity contribution in [2.24, 2.45) is 5.41 Å². The third kappa shape index (κ3) is 4.25. The van der Waals surface area contributed by atoms with Gasteiger partial charge in [0.05, 0.1) is 11.5 Å². The molecule has 3 heteroatoms. The zero-order valence-electron chi connectivity index (χ0n) is 11.9. The molecule has 1 saturated carbocycles. The van der Waals surface area contributed by atoms with Crippen LogP contribution in [0.5, 0.6) is 0 Å². The molecule has 0 spiro atoms. The largest absolute Gasteiger partial charge is 0.399 e. The average Bonchev–Trinajstić information content (AvgIpc) is 3.21. The lowest BCUT2D eigenvalue weighted by atomic mass is 9.91. The fraction of sp³-hybridized carbons (Fsp3) is 0.562. The van der Waals surface area contributed by atoms with Crippen LogP contribution < -0.4 is 5.73 Å². The maximum atomic E-state index is 9.10. The summed E-state index contributed by atoms with van der Waals surface area (Å²) in [6, 6.07) is 11.2. The summed E-state index contributed by atoms with van der Waals surface area (Å²) in [6.07, 6.45) is 3.51. The molecule has 0 bridgehead atoms. The summed E-state index contributed by atoms with van der Waals surface area (Å²) >= 11 is 0. The molecule has 0 unspecified atom stereocenters. The van der Waals surface area contributed by atoms with Crippen molar-refractivity contribution < 1.29 is 0 Å². The Bertz CT molecular complexity index is 452. The topological polar surface area (TPSA) is 53.0 Å². The number of nitrogens with two attached hydrogens (primary N) is 1. The first-order chi connectivity index (χ1) is 9.00. The molecule has 1 aromatic rings. The third-order valence-electron chi connectivity index (χ3n) is 3.76. The van der Waals surface area contributed by atoms with Gasteiger partial charge in [-0.15, -0.1) is 0 Å². The van der Waals surface area contributed by atoms with E-state index in [-0.39, 0.29) is 5.41 Å². The fourth-order valence-corrected chi connectivity index (χ4v) is 2.17. The predicted molar refractivity (Wildman–Crippen MR) is 78.3 cm³/mol. The van der Waals surface area contributed by atoms with E-state index in [1.165, 1.54) is 18.4 Å². The Morgan fingerprint density at radius 3 is 2.47 bits per heavy atom. The van der Waals surface area contributed by atoms with Gasteiger partial charge in [-0.05, 0) is 50.8 Å². The van der Waals surface area contributed by atoms with E-state index in [0.29, 0.717) is 6.04 Å². The molecule has 0 heterocycles. The Balaban J connectivity index is 1.93. The summed E-state index contributed by atoms with van der Waals surface area (Å²) in [5.74, 6) is 0. The van der Waals surface area contributed by atoms with Gasteiger partial charge in [0.25, 0.3) is 0 Å². The van der Waals surface area contributed by atoms with Crippen molar-refractivity contribution in [3.05, 3.63) is 29.8 Å². The number of nitrogens with zero attached hydrogens (tertiary/aromatic N) is 2. The Morgan fingerprint density at radius 1 is 1.32 bits per heavy atom. The number of nitriles is 1. The Labute approximate surface area is 116 Å². The number of benzene rings is 1. The molecule has 2 N–H and O–H groups in total. The molecule has 1 aliphatic carbocycles. The van der Waals surface area contributed by atoms with Crippen LogP contribution in [0.4, 0.5) is 5.69 Å². The van der Waals surface area contributed by atoms with E-state index in [4.69, 9.17) is 11.0 Å². The fourth-order valence-electron chi connectivity index (χ4n) is 2.17. The van der Waals surface area contributed by atoms with Crippen LogP contribution in [0.25, 0.3) is 0 Å². The summed E-state index contributed by atoms with van der Waals surface area (Å²) in [5, 5.41) is 9.10. The summed E-state index contributed by atoms with van der Waals surface area (Å²) in [7, 11) is 0. The van der Waals surface area contributed by atoms with Crippen LogP contribution in [0.15, 0.2) is 24.3 Å². The van der Waals surface area contributed by atoms with Gasteiger partial charge in [-0.1, -0.05) is 12.1 Å². The highest BCUT2D eigenvalue weighted by atomic mass is 15.2. The van der Waals surface area contributed by atoms with Crippen LogP contribution in [0.1, 0.15) is 38.7 Å². The molecule has 1 fully saturated rings. The first kappa shape index (κ1) is 13.9. The normalized spacial score (nSPS) is 15.5. The van der Waals surface area contributed by atoms with Gasteiger partial charge in [0.1, 0.15) is 0 Å². The monoisotopic (exact) mass is 257 g/mol. The van der Waals surface area contributed by atoms with Crippen LogP contribution in [0, 0.1) is 16.7 Å². The lowest BCUT2D eigenvalue weighted by molar-refractivity contribution is 0.225. The van der Waals surface area contributed by atoms with Gasteiger partial charge >= 0.3 is 0 Å². The van der Waals surface area contributed by atoms with Gasteiger partial charge in [0, 0.05) is 24.8 Å². The molecule has 0 aromatic heterocycles. The summed E-state index contributed by atoms with van der Waals surface area (Å²) in [6.45, 7) is 5.99. The Kier molecular flexibility index (Phi) is 4.11. The maximum Gasteiger partial charge on any atom is 0.0684 e. The lowest BCUT2D eigenvalue weighted by Crippen LogP contribution is -2.29. The lowest BCUT2D eigenvalue weighted by Gasteiger charge is -2.25. The highest BCUT2D eigenvalue weighted by molar-refractivity contribution is 5.39. The quantitative estimate of drug-likeness (QED) is 0.796. The molecule has 0 amide bonds. The van der Waals surface area contributed by atoms with Crippen LogP contribution in [-0.4, -0.2) is 17.5 Å². The van der Waals surface area contributed by atoms with Gasteiger partial charge in [0.2, 0.25) is 0 Å². The van der Waals surface area contributed by atoms with E-state index in [9.17, 15) is 0 Å². The van der Waals surface area contributed by atoms with Crippen molar-refractivity contribution >= 4 is 5.69 Å². The minimum absolute atomic E-state index is 0.228. The van der Waals surface area contributed by atoms with Gasteiger partial charge in [-0.2, -0.15) is 5.26 Å². The van der Waals surface area contributed by atoms with Gasteiger partial charge in [0.15, 0.2) is 0 Å². The highest BCUT2D eigenvalue weighted by Gasteiger charge is 2.30. The standard InChI is InChI=1S/C16H23N3/c1-16(2,12-17)9-10-19(15-7-8-15)11-13-3-5-14(18)6-4-13/h3-6,15H,7-11,18H2,1-2H3. The zero-order valence-corrected chi connectivity index (χ0v) is 11.9. The smallest absolute Gasteiger partial charge is 0.0684 e. The molecule has 0 aliphatic heterocycles. The van der Waals surface area contributed by atoms with E-state index in [2.05, 4.69) is 23.1 Å². The third-order valence-corrected chi connectivity index (χ3v) is 3.76. The van der Waals surface area contributed by atoms with E-state index in [1.54, 1.807) is 0 Å². The minimum atomic E-state index is -0.228. The van der Waals surface area contributed by atoms with E-state index in [0.717, 1.165) is 25.2 Å². The molecule has 102 valence electrons. The van der Waals surface area contributed by atoms with Crippen LogP contribution in [0.2, 0.25) is 0 Å². The molecule has 19 heavy (non-hydrogen) atoms. The van der Waals surface area contributed by atoms with Gasteiger partial charge < -0.3 is 5.73 Å². The first-order valence-corrected chi connectivity index (χ1v) is 7.00. The van der Waals surface area contributed by atoms with Crippen LogP contribution >= 0.6 is 0 Å². The van der Waals surface area contributed by atoms with Crippen LogP contribution in [0.3, 0.4) is 0 Å². The Morgan fingerprint density at radius 2 is 1.95 bits per heavy atom. The summed E-state index contributed by atoms with van der Waals surface area (Å²) in [5.41, 5.74) is 7.60. The zero-order chi connectivity index (χ0) is 13.9. The van der Waals surface area contributed by atoms with Crippen molar-refractivity contribution in [3.63, 3.8) is 0 Å². The first-order valence-electron chi connectivity index (χ1n) is 7.00. The number of hydrogen-bond donors (Lipinski definition) is 1. The minimum Gasteiger partial charge on any atom is -0.399 e. The van der Waals surface area contributed by atoms with Gasteiger partial charge in [-0.3, -0.25) is 4.90 Å². The summed E-state index contributed by atoms with van der Waals surface area (Å²) in [4.78, 5) is 2.50. The second kappa shape index (κ2) is 5.63.